The SMILES string of the molecule is CCNC(=O)C(C)c1ccc(C#Cc2ccc(OC3CCCOC3)cc2)cc1. The largest absolute Gasteiger partial charge is 0.488 e. The third kappa shape index (κ3) is 5.61. The van der Waals surface area contributed by atoms with Gasteiger partial charge in [0.15, 0.2) is 0 Å². The van der Waals surface area contributed by atoms with Gasteiger partial charge in [-0.1, -0.05) is 24.0 Å². The molecular formula is C24H27NO3. The van der Waals surface area contributed by atoms with E-state index in [9.17, 15) is 4.79 Å². The highest BCUT2D eigenvalue weighted by atomic mass is 16.5. The average Bonchev–Trinajstić information content (AvgIpc) is 2.74. The summed E-state index contributed by atoms with van der Waals surface area (Å²) in [6.45, 7) is 5.97. The first-order valence-electron chi connectivity index (χ1n) is 9.90. The Morgan fingerprint density at radius 1 is 1.14 bits per heavy atom. The van der Waals surface area contributed by atoms with E-state index in [2.05, 4.69) is 17.2 Å². The van der Waals surface area contributed by atoms with Gasteiger partial charge in [0, 0.05) is 24.3 Å². The molecule has 1 N–H and O–H groups in total. The normalized spacial score (nSPS) is 17.1. The van der Waals surface area contributed by atoms with E-state index in [-0.39, 0.29) is 17.9 Å². The van der Waals surface area contributed by atoms with Crippen LogP contribution in [0.4, 0.5) is 0 Å². The molecule has 1 fully saturated rings. The van der Waals surface area contributed by atoms with Crippen LogP contribution in [0, 0.1) is 11.8 Å². The first kappa shape index (κ1) is 20.0. The first-order valence-corrected chi connectivity index (χ1v) is 9.90. The fourth-order valence-electron chi connectivity index (χ4n) is 3.09. The summed E-state index contributed by atoms with van der Waals surface area (Å²) in [4.78, 5) is 11.9. The molecule has 0 aromatic heterocycles. The van der Waals surface area contributed by atoms with Crippen LogP contribution in [0.1, 0.15) is 49.3 Å². The molecule has 2 unspecified atom stereocenters. The van der Waals surface area contributed by atoms with Crippen molar-refractivity contribution >= 4 is 5.91 Å². The number of hydrogen-bond acceptors (Lipinski definition) is 3. The minimum Gasteiger partial charge on any atom is -0.488 e. The van der Waals surface area contributed by atoms with Crippen molar-refractivity contribution in [3.8, 4) is 17.6 Å². The summed E-state index contributed by atoms with van der Waals surface area (Å²) in [7, 11) is 0. The van der Waals surface area contributed by atoms with E-state index in [1.165, 1.54) is 0 Å². The smallest absolute Gasteiger partial charge is 0.227 e. The molecular weight excluding hydrogens is 350 g/mol. The highest BCUT2D eigenvalue weighted by Gasteiger charge is 2.15. The zero-order valence-corrected chi connectivity index (χ0v) is 16.5. The van der Waals surface area contributed by atoms with Crippen LogP contribution in [0.25, 0.3) is 0 Å². The maximum atomic E-state index is 11.9. The predicted octanol–water partition coefficient (Wildman–Crippen LogP) is 3.88. The summed E-state index contributed by atoms with van der Waals surface area (Å²) in [5.74, 6) is 7.08. The number of carbonyl (C=O) groups is 1. The summed E-state index contributed by atoms with van der Waals surface area (Å²) in [6, 6.07) is 15.7. The molecule has 2 aromatic rings. The molecule has 1 aliphatic rings. The van der Waals surface area contributed by atoms with E-state index in [0.717, 1.165) is 41.9 Å². The standard InChI is InChI=1S/C24H27NO3/c1-3-25-24(26)18(2)21-12-8-19(9-13-21)6-7-20-10-14-22(15-11-20)28-23-5-4-16-27-17-23/h8-15,18,23H,3-5,16-17H2,1-2H3,(H,25,26). The number of ether oxygens (including phenoxy) is 2. The second-order valence-electron chi connectivity index (χ2n) is 6.97. The molecule has 2 aromatic carbocycles. The maximum Gasteiger partial charge on any atom is 0.227 e. The summed E-state index contributed by atoms with van der Waals surface area (Å²) in [6.07, 6.45) is 2.23. The van der Waals surface area contributed by atoms with Crippen molar-refractivity contribution in [3.05, 3.63) is 65.2 Å². The van der Waals surface area contributed by atoms with Crippen molar-refractivity contribution in [3.63, 3.8) is 0 Å². The fourth-order valence-corrected chi connectivity index (χ4v) is 3.09. The molecule has 0 bridgehead atoms. The molecule has 1 heterocycles. The van der Waals surface area contributed by atoms with Gasteiger partial charge in [-0.05, 0) is 68.7 Å². The minimum atomic E-state index is -0.163. The van der Waals surface area contributed by atoms with Gasteiger partial charge in [0.2, 0.25) is 5.91 Å². The van der Waals surface area contributed by atoms with Gasteiger partial charge >= 0.3 is 0 Å². The Kier molecular flexibility index (Phi) is 7.11. The lowest BCUT2D eigenvalue weighted by Crippen LogP contribution is -2.27. The highest BCUT2D eigenvalue weighted by molar-refractivity contribution is 5.83. The topological polar surface area (TPSA) is 47.6 Å². The van der Waals surface area contributed by atoms with E-state index in [0.29, 0.717) is 13.2 Å². The first-order chi connectivity index (χ1) is 13.7. The molecule has 1 aliphatic heterocycles. The van der Waals surface area contributed by atoms with E-state index < -0.39 is 0 Å². The van der Waals surface area contributed by atoms with Gasteiger partial charge in [-0.15, -0.1) is 0 Å². The lowest BCUT2D eigenvalue weighted by atomic mass is 9.99. The molecule has 2 atom stereocenters. The maximum absolute atomic E-state index is 11.9. The van der Waals surface area contributed by atoms with Crippen molar-refractivity contribution in [2.24, 2.45) is 0 Å². The average molecular weight is 377 g/mol. The molecule has 0 radical (unpaired) electrons. The Bertz CT molecular complexity index is 825. The van der Waals surface area contributed by atoms with Gasteiger partial charge in [-0.2, -0.15) is 0 Å². The van der Waals surface area contributed by atoms with Crippen LogP contribution >= 0.6 is 0 Å². The van der Waals surface area contributed by atoms with Crippen molar-refractivity contribution in [2.45, 2.75) is 38.7 Å². The van der Waals surface area contributed by atoms with Crippen LogP contribution in [-0.2, 0) is 9.53 Å². The predicted molar refractivity (Wildman–Crippen MR) is 110 cm³/mol. The second-order valence-corrected chi connectivity index (χ2v) is 6.97. The van der Waals surface area contributed by atoms with Crippen molar-refractivity contribution in [2.75, 3.05) is 19.8 Å². The minimum absolute atomic E-state index is 0.0448. The van der Waals surface area contributed by atoms with E-state index in [1.807, 2.05) is 62.4 Å². The van der Waals surface area contributed by atoms with Crippen molar-refractivity contribution in [1.29, 1.82) is 0 Å². The fraction of sp³-hybridized carbons (Fsp3) is 0.375. The number of likely N-dealkylation sites (N-methyl/N-ethyl adjacent to an activating group) is 1. The number of hydrogen-bond donors (Lipinski definition) is 1. The van der Waals surface area contributed by atoms with Gasteiger partial charge in [0.05, 0.1) is 12.5 Å². The van der Waals surface area contributed by atoms with Gasteiger partial charge in [-0.25, -0.2) is 0 Å². The Labute approximate surface area is 167 Å². The molecule has 1 saturated heterocycles. The van der Waals surface area contributed by atoms with Gasteiger partial charge in [0.25, 0.3) is 0 Å². The Balaban J connectivity index is 1.59. The third-order valence-electron chi connectivity index (χ3n) is 4.78. The van der Waals surface area contributed by atoms with Crippen molar-refractivity contribution in [1.82, 2.24) is 5.32 Å². The lowest BCUT2D eigenvalue weighted by Gasteiger charge is -2.23. The van der Waals surface area contributed by atoms with Crippen molar-refractivity contribution < 1.29 is 14.3 Å². The number of carbonyl (C=O) groups excluding carboxylic acids is 1. The molecule has 4 nitrogen and oxygen atoms in total. The molecule has 0 aliphatic carbocycles. The molecule has 1 amide bonds. The zero-order valence-electron chi connectivity index (χ0n) is 16.5. The number of benzene rings is 2. The van der Waals surface area contributed by atoms with Crippen LogP contribution in [-0.4, -0.2) is 31.8 Å². The quantitative estimate of drug-likeness (QED) is 0.805. The monoisotopic (exact) mass is 377 g/mol. The van der Waals surface area contributed by atoms with E-state index in [4.69, 9.17) is 9.47 Å². The summed E-state index contributed by atoms with van der Waals surface area (Å²) in [5.41, 5.74) is 2.85. The lowest BCUT2D eigenvalue weighted by molar-refractivity contribution is -0.122. The zero-order chi connectivity index (χ0) is 19.8. The molecule has 0 spiro atoms. The molecule has 3 rings (SSSR count). The van der Waals surface area contributed by atoms with Gasteiger partial charge in [-0.3, -0.25) is 4.79 Å². The Morgan fingerprint density at radius 2 is 1.79 bits per heavy atom. The van der Waals surface area contributed by atoms with Crippen LogP contribution in [0.15, 0.2) is 48.5 Å². The molecule has 146 valence electrons. The van der Waals surface area contributed by atoms with Crippen LogP contribution in [0.2, 0.25) is 0 Å². The summed E-state index contributed by atoms with van der Waals surface area (Å²) >= 11 is 0. The van der Waals surface area contributed by atoms with Crippen LogP contribution < -0.4 is 10.1 Å². The third-order valence-corrected chi connectivity index (χ3v) is 4.78. The molecule has 4 heteroatoms. The molecule has 28 heavy (non-hydrogen) atoms. The van der Waals surface area contributed by atoms with E-state index in [1.54, 1.807) is 0 Å². The van der Waals surface area contributed by atoms with Gasteiger partial charge in [0.1, 0.15) is 11.9 Å². The number of amides is 1. The summed E-state index contributed by atoms with van der Waals surface area (Å²) in [5, 5.41) is 2.85. The number of nitrogens with one attached hydrogen (secondary N) is 1. The van der Waals surface area contributed by atoms with Gasteiger partial charge < -0.3 is 14.8 Å². The van der Waals surface area contributed by atoms with E-state index >= 15 is 0 Å². The molecule has 0 saturated carbocycles. The number of rotatable bonds is 5. The Morgan fingerprint density at radius 3 is 2.36 bits per heavy atom. The second kappa shape index (κ2) is 9.96. The Hall–Kier alpha value is -2.77. The summed E-state index contributed by atoms with van der Waals surface area (Å²) < 4.78 is 11.4. The van der Waals surface area contributed by atoms with Crippen LogP contribution in [0.5, 0.6) is 5.75 Å². The highest BCUT2D eigenvalue weighted by Crippen LogP contribution is 2.18. The van der Waals surface area contributed by atoms with Crippen LogP contribution in [0.3, 0.4) is 0 Å².